The third-order valence-corrected chi connectivity index (χ3v) is 4.38. The van der Waals surface area contributed by atoms with E-state index in [1.807, 2.05) is 0 Å². The lowest BCUT2D eigenvalue weighted by Gasteiger charge is -2.35. The Morgan fingerprint density at radius 1 is 1.29 bits per heavy atom. The molecule has 2 N–H and O–H groups in total. The highest BCUT2D eigenvalue weighted by Gasteiger charge is 2.28. The summed E-state index contributed by atoms with van der Waals surface area (Å²) in [6.07, 6.45) is 5.78. The molecule has 126 valence electrons. The molecule has 0 aromatic rings. The maximum absolute atomic E-state index is 9.72. The molecule has 0 saturated carbocycles. The Kier molecular flexibility index (Phi) is 8.17. The molecule has 21 heavy (non-hydrogen) atoms. The van der Waals surface area contributed by atoms with E-state index >= 15 is 0 Å². The van der Waals surface area contributed by atoms with Crippen LogP contribution in [0.5, 0.6) is 0 Å². The van der Waals surface area contributed by atoms with Crippen molar-refractivity contribution in [2.24, 2.45) is 0 Å². The minimum Gasteiger partial charge on any atom is -0.394 e. The van der Waals surface area contributed by atoms with Crippen LogP contribution in [0.25, 0.3) is 0 Å². The van der Waals surface area contributed by atoms with Crippen molar-refractivity contribution in [1.29, 1.82) is 0 Å². The van der Waals surface area contributed by atoms with Gasteiger partial charge in [0.05, 0.1) is 24.9 Å². The van der Waals surface area contributed by atoms with Crippen molar-refractivity contribution in [3.63, 3.8) is 0 Å². The molecule has 1 rings (SSSR count). The van der Waals surface area contributed by atoms with E-state index in [0.29, 0.717) is 24.4 Å². The molecule has 0 amide bonds. The Labute approximate surface area is 130 Å². The molecule has 0 spiro atoms. The molecule has 4 nitrogen and oxygen atoms in total. The number of aliphatic hydroxyl groups is 1. The van der Waals surface area contributed by atoms with Crippen molar-refractivity contribution < 1.29 is 14.6 Å². The van der Waals surface area contributed by atoms with Crippen LogP contribution >= 0.6 is 0 Å². The maximum Gasteiger partial charge on any atom is 0.0624 e. The van der Waals surface area contributed by atoms with Crippen molar-refractivity contribution in [1.82, 2.24) is 5.32 Å². The van der Waals surface area contributed by atoms with Gasteiger partial charge in [0.15, 0.2) is 0 Å². The van der Waals surface area contributed by atoms with Crippen LogP contribution in [0.15, 0.2) is 0 Å². The number of hydrogen-bond acceptors (Lipinski definition) is 4. The van der Waals surface area contributed by atoms with Gasteiger partial charge in [0, 0.05) is 18.2 Å². The first-order chi connectivity index (χ1) is 9.90. The Bertz CT molecular complexity index is 269. The summed E-state index contributed by atoms with van der Waals surface area (Å²) in [5.74, 6) is 0. The van der Waals surface area contributed by atoms with Crippen molar-refractivity contribution >= 4 is 0 Å². The van der Waals surface area contributed by atoms with Crippen molar-refractivity contribution in [3.8, 4) is 0 Å². The van der Waals surface area contributed by atoms with Crippen LogP contribution in [0.1, 0.15) is 66.7 Å². The third-order valence-electron chi connectivity index (χ3n) is 4.38. The molecule has 0 radical (unpaired) electrons. The zero-order chi connectivity index (χ0) is 15.9. The summed E-state index contributed by atoms with van der Waals surface area (Å²) in [6, 6.07) is 0.384. The average Bonchev–Trinajstić information content (AvgIpc) is 2.41. The van der Waals surface area contributed by atoms with Crippen molar-refractivity contribution in [2.45, 2.75) is 96.6 Å². The fraction of sp³-hybridized carbons (Fsp3) is 1.00. The summed E-state index contributed by atoms with van der Waals surface area (Å²) < 4.78 is 11.8. The lowest BCUT2D eigenvalue weighted by molar-refractivity contribution is -0.102. The predicted molar refractivity (Wildman–Crippen MR) is 86.6 cm³/mol. The lowest BCUT2D eigenvalue weighted by Crippen LogP contribution is -2.51. The number of aliphatic hydroxyl groups excluding tert-OH is 1. The fourth-order valence-electron chi connectivity index (χ4n) is 3.34. The van der Waals surface area contributed by atoms with Gasteiger partial charge in [0.2, 0.25) is 0 Å². The normalized spacial score (nSPS) is 29.6. The van der Waals surface area contributed by atoms with Crippen molar-refractivity contribution in [2.75, 3.05) is 13.2 Å². The molecular weight excluding hydrogens is 266 g/mol. The second kappa shape index (κ2) is 9.09. The molecular formula is C17H35NO3. The molecule has 0 aliphatic carbocycles. The minimum atomic E-state index is -0.159. The van der Waals surface area contributed by atoms with E-state index in [9.17, 15) is 5.11 Å². The number of rotatable bonds is 9. The smallest absolute Gasteiger partial charge is 0.0624 e. The number of ether oxygens (including phenoxy) is 2. The van der Waals surface area contributed by atoms with Crippen LogP contribution in [-0.4, -0.2) is 48.2 Å². The Morgan fingerprint density at radius 3 is 2.38 bits per heavy atom. The van der Waals surface area contributed by atoms with Gasteiger partial charge in [0.1, 0.15) is 0 Å². The molecule has 0 aromatic carbocycles. The SMILES string of the molecule is CCC(CO)(CCCOC1CC(C)OC(C)C1)NC(C)C. The monoisotopic (exact) mass is 301 g/mol. The van der Waals surface area contributed by atoms with E-state index in [0.717, 1.165) is 38.7 Å². The van der Waals surface area contributed by atoms with Gasteiger partial charge in [-0.25, -0.2) is 0 Å². The lowest BCUT2D eigenvalue weighted by atomic mass is 9.90. The van der Waals surface area contributed by atoms with Gasteiger partial charge >= 0.3 is 0 Å². The molecule has 0 aromatic heterocycles. The molecule has 3 unspecified atom stereocenters. The quantitative estimate of drug-likeness (QED) is 0.643. The van der Waals surface area contributed by atoms with Crippen LogP contribution < -0.4 is 5.32 Å². The first-order valence-corrected chi connectivity index (χ1v) is 8.56. The van der Waals surface area contributed by atoms with E-state index in [1.54, 1.807) is 0 Å². The standard InChI is InChI=1S/C17H35NO3/c1-6-17(12-19,18-13(2)3)8-7-9-20-16-10-14(4)21-15(5)11-16/h13-16,18-19H,6-12H2,1-5H3. The second-order valence-corrected chi connectivity index (χ2v) is 6.92. The molecule has 4 heteroatoms. The van der Waals surface area contributed by atoms with Gasteiger partial charge in [-0.15, -0.1) is 0 Å². The van der Waals surface area contributed by atoms with Gasteiger partial charge in [-0.05, 0) is 46.0 Å². The maximum atomic E-state index is 9.72. The van der Waals surface area contributed by atoms with Crippen LogP contribution in [-0.2, 0) is 9.47 Å². The van der Waals surface area contributed by atoms with Crippen molar-refractivity contribution in [3.05, 3.63) is 0 Å². The molecule has 1 fully saturated rings. The third kappa shape index (κ3) is 6.64. The summed E-state index contributed by atoms with van der Waals surface area (Å²) in [7, 11) is 0. The highest BCUT2D eigenvalue weighted by atomic mass is 16.5. The molecule has 0 bridgehead atoms. The van der Waals surface area contributed by atoms with Gasteiger partial charge < -0.3 is 19.9 Å². The Morgan fingerprint density at radius 2 is 1.90 bits per heavy atom. The topological polar surface area (TPSA) is 50.7 Å². The summed E-state index contributed by atoms with van der Waals surface area (Å²) in [4.78, 5) is 0. The first kappa shape index (κ1) is 18.9. The van der Waals surface area contributed by atoms with Crippen LogP contribution in [0.2, 0.25) is 0 Å². The highest BCUT2D eigenvalue weighted by molar-refractivity contribution is 4.87. The van der Waals surface area contributed by atoms with Crippen LogP contribution in [0.4, 0.5) is 0 Å². The summed E-state index contributed by atoms with van der Waals surface area (Å²) >= 11 is 0. The molecule has 1 heterocycles. The van der Waals surface area contributed by atoms with Gasteiger partial charge in [-0.3, -0.25) is 0 Å². The molecule has 3 atom stereocenters. The average molecular weight is 301 g/mol. The van der Waals surface area contributed by atoms with E-state index in [-0.39, 0.29) is 12.1 Å². The first-order valence-electron chi connectivity index (χ1n) is 8.56. The fourth-order valence-corrected chi connectivity index (χ4v) is 3.34. The molecule has 1 saturated heterocycles. The van der Waals surface area contributed by atoms with Crippen LogP contribution in [0, 0.1) is 0 Å². The molecule has 1 aliphatic heterocycles. The summed E-state index contributed by atoms with van der Waals surface area (Å²) in [6.45, 7) is 11.6. The zero-order valence-electron chi connectivity index (χ0n) is 14.5. The summed E-state index contributed by atoms with van der Waals surface area (Å²) in [5, 5.41) is 13.2. The van der Waals surface area contributed by atoms with Crippen LogP contribution in [0.3, 0.4) is 0 Å². The van der Waals surface area contributed by atoms with E-state index in [1.165, 1.54) is 0 Å². The zero-order valence-corrected chi connectivity index (χ0v) is 14.5. The van der Waals surface area contributed by atoms with E-state index in [4.69, 9.17) is 9.47 Å². The van der Waals surface area contributed by atoms with Gasteiger partial charge in [0.25, 0.3) is 0 Å². The van der Waals surface area contributed by atoms with Gasteiger partial charge in [-0.1, -0.05) is 20.8 Å². The number of hydrogen-bond donors (Lipinski definition) is 2. The second-order valence-electron chi connectivity index (χ2n) is 6.92. The predicted octanol–water partition coefficient (Wildman–Crippen LogP) is 2.88. The highest BCUT2D eigenvalue weighted by Crippen LogP contribution is 2.23. The molecule has 1 aliphatic rings. The van der Waals surface area contributed by atoms with E-state index < -0.39 is 0 Å². The summed E-state index contributed by atoms with van der Waals surface area (Å²) in [5.41, 5.74) is -0.159. The minimum absolute atomic E-state index is 0.159. The number of nitrogens with one attached hydrogen (secondary N) is 1. The van der Waals surface area contributed by atoms with Gasteiger partial charge in [-0.2, -0.15) is 0 Å². The van der Waals surface area contributed by atoms with E-state index in [2.05, 4.69) is 39.9 Å². The largest absolute Gasteiger partial charge is 0.394 e. The Hall–Kier alpha value is -0.160. The Balaban J connectivity index is 2.30.